The van der Waals surface area contributed by atoms with Gasteiger partial charge in [-0.2, -0.15) is 10.5 Å². The second-order valence-corrected chi connectivity index (χ2v) is 4.76. The number of carbonyl (C=O) groups is 1. The summed E-state index contributed by atoms with van der Waals surface area (Å²) < 4.78 is 4.89. The Morgan fingerprint density at radius 3 is 2.47 bits per heavy atom. The highest BCUT2D eigenvalue weighted by Gasteiger charge is 2.46. The molecule has 0 amide bonds. The van der Waals surface area contributed by atoms with Gasteiger partial charge in [0.15, 0.2) is 5.92 Å². The third kappa shape index (κ3) is 2.77. The van der Waals surface area contributed by atoms with Crippen LogP contribution in [-0.4, -0.2) is 12.6 Å². The standard InChI is InChI=1S/C13H18N2O2/c1-3-17-12(16)11(8-14)13(9-15)6-4-10(2)5-7-13/h10-11H,3-7H2,1-2H3. The minimum absolute atomic E-state index is 0.245. The Morgan fingerprint density at radius 2 is 2.06 bits per heavy atom. The predicted octanol–water partition coefficient (Wildman–Crippen LogP) is 2.41. The number of rotatable bonds is 3. The highest BCUT2D eigenvalue weighted by molar-refractivity contribution is 5.77. The first-order valence-corrected chi connectivity index (χ1v) is 6.07. The summed E-state index contributed by atoms with van der Waals surface area (Å²) >= 11 is 0. The average molecular weight is 234 g/mol. The Kier molecular flexibility index (Phi) is 4.52. The first-order valence-electron chi connectivity index (χ1n) is 6.07. The van der Waals surface area contributed by atoms with Crippen LogP contribution in [0.5, 0.6) is 0 Å². The van der Waals surface area contributed by atoms with E-state index in [-0.39, 0.29) is 6.61 Å². The van der Waals surface area contributed by atoms with E-state index in [4.69, 9.17) is 10.00 Å². The van der Waals surface area contributed by atoms with E-state index in [0.29, 0.717) is 18.8 Å². The summed E-state index contributed by atoms with van der Waals surface area (Å²) in [6.07, 6.45) is 3.01. The molecule has 0 heterocycles. The van der Waals surface area contributed by atoms with E-state index in [1.165, 1.54) is 0 Å². The molecule has 0 aliphatic heterocycles. The van der Waals surface area contributed by atoms with Gasteiger partial charge in [0.2, 0.25) is 0 Å². The lowest BCUT2D eigenvalue weighted by Crippen LogP contribution is -2.38. The Labute approximate surface area is 102 Å². The van der Waals surface area contributed by atoms with Crippen molar-refractivity contribution in [3.63, 3.8) is 0 Å². The van der Waals surface area contributed by atoms with E-state index in [0.717, 1.165) is 12.8 Å². The molecule has 0 aromatic heterocycles. The zero-order chi connectivity index (χ0) is 12.9. The first-order chi connectivity index (χ1) is 8.09. The van der Waals surface area contributed by atoms with Gasteiger partial charge in [-0.3, -0.25) is 4.79 Å². The molecule has 1 unspecified atom stereocenters. The van der Waals surface area contributed by atoms with Crippen LogP contribution < -0.4 is 0 Å². The zero-order valence-corrected chi connectivity index (χ0v) is 10.4. The molecule has 1 rings (SSSR count). The number of nitriles is 2. The van der Waals surface area contributed by atoms with Gasteiger partial charge in [0.05, 0.1) is 24.2 Å². The molecule has 0 radical (unpaired) electrons. The van der Waals surface area contributed by atoms with Gasteiger partial charge >= 0.3 is 5.97 Å². The molecule has 1 aliphatic carbocycles. The van der Waals surface area contributed by atoms with Gasteiger partial charge in [0, 0.05) is 0 Å². The molecule has 0 aromatic rings. The molecule has 4 heteroatoms. The maximum atomic E-state index is 11.7. The van der Waals surface area contributed by atoms with Crippen molar-refractivity contribution in [3.05, 3.63) is 0 Å². The predicted molar refractivity (Wildman–Crippen MR) is 61.4 cm³/mol. The number of hydrogen-bond donors (Lipinski definition) is 0. The molecule has 0 bridgehead atoms. The van der Waals surface area contributed by atoms with E-state index in [9.17, 15) is 10.1 Å². The second kappa shape index (κ2) is 5.68. The molecule has 1 aliphatic rings. The number of carbonyl (C=O) groups excluding carboxylic acids is 1. The number of hydrogen-bond acceptors (Lipinski definition) is 4. The normalized spacial score (nSPS) is 29.8. The second-order valence-electron chi connectivity index (χ2n) is 4.76. The minimum atomic E-state index is -0.944. The van der Waals surface area contributed by atoms with Crippen LogP contribution in [-0.2, 0) is 9.53 Å². The van der Waals surface area contributed by atoms with Crippen molar-refractivity contribution in [2.75, 3.05) is 6.61 Å². The average Bonchev–Trinajstić information content (AvgIpc) is 2.33. The molecule has 17 heavy (non-hydrogen) atoms. The molecule has 1 atom stereocenters. The lowest BCUT2D eigenvalue weighted by molar-refractivity contribution is -0.149. The van der Waals surface area contributed by atoms with E-state index in [2.05, 4.69) is 13.0 Å². The van der Waals surface area contributed by atoms with Crippen LogP contribution in [0.15, 0.2) is 0 Å². The quantitative estimate of drug-likeness (QED) is 0.703. The summed E-state index contributed by atoms with van der Waals surface area (Å²) in [7, 11) is 0. The SMILES string of the molecule is CCOC(=O)C(C#N)C1(C#N)CCC(C)CC1. The van der Waals surface area contributed by atoms with Crippen LogP contribution in [0.1, 0.15) is 39.5 Å². The fourth-order valence-electron chi connectivity index (χ4n) is 2.37. The Morgan fingerprint density at radius 1 is 1.47 bits per heavy atom. The fraction of sp³-hybridized carbons (Fsp3) is 0.769. The van der Waals surface area contributed by atoms with Crippen molar-refractivity contribution in [2.45, 2.75) is 39.5 Å². The molecule has 1 saturated carbocycles. The lowest BCUT2D eigenvalue weighted by Gasteiger charge is -2.35. The third-order valence-corrected chi connectivity index (χ3v) is 3.59. The Balaban J connectivity index is 2.88. The largest absolute Gasteiger partial charge is 0.465 e. The molecule has 92 valence electrons. The van der Waals surface area contributed by atoms with Gasteiger partial charge in [0.1, 0.15) is 0 Å². The Bertz CT molecular complexity index is 357. The van der Waals surface area contributed by atoms with Gasteiger partial charge in [-0.25, -0.2) is 0 Å². The smallest absolute Gasteiger partial charge is 0.324 e. The zero-order valence-electron chi connectivity index (χ0n) is 10.4. The summed E-state index contributed by atoms with van der Waals surface area (Å²) in [6.45, 7) is 4.08. The van der Waals surface area contributed by atoms with Crippen LogP contribution in [0, 0.1) is 39.9 Å². The molecule has 1 fully saturated rings. The van der Waals surface area contributed by atoms with E-state index >= 15 is 0 Å². The number of esters is 1. The maximum Gasteiger partial charge on any atom is 0.324 e. The van der Waals surface area contributed by atoms with Crippen molar-refractivity contribution in [1.82, 2.24) is 0 Å². The molecule has 0 aromatic carbocycles. The van der Waals surface area contributed by atoms with Crippen LogP contribution in [0.25, 0.3) is 0 Å². The summed E-state index contributed by atoms with van der Waals surface area (Å²) in [4.78, 5) is 11.7. The van der Waals surface area contributed by atoms with E-state index in [1.807, 2.05) is 6.07 Å². The number of nitrogens with zero attached hydrogens (tertiary/aromatic N) is 2. The van der Waals surface area contributed by atoms with Crippen molar-refractivity contribution < 1.29 is 9.53 Å². The summed E-state index contributed by atoms with van der Waals surface area (Å²) in [5.41, 5.74) is -0.840. The topological polar surface area (TPSA) is 73.9 Å². The minimum Gasteiger partial charge on any atom is -0.465 e. The first kappa shape index (κ1) is 13.5. The third-order valence-electron chi connectivity index (χ3n) is 3.59. The van der Waals surface area contributed by atoms with Crippen LogP contribution >= 0.6 is 0 Å². The summed E-state index contributed by atoms with van der Waals surface area (Å²) in [5, 5.41) is 18.5. The Hall–Kier alpha value is -1.55. The molecule has 0 saturated heterocycles. The summed E-state index contributed by atoms with van der Waals surface area (Å²) in [5.74, 6) is -0.927. The van der Waals surface area contributed by atoms with Crippen LogP contribution in [0.3, 0.4) is 0 Å². The van der Waals surface area contributed by atoms with Crippen LogP contribution in [0.2, 0.25) is 0 Å². The van der Waals surface area contributed by atoms with Gasteiger partial charge in [-0.1, -0.05) is 6.92 Å². The van der Waals surface area contributed by atoms with Gasteiger partial charge in [-0.05, 0) is 38.5 Å². The van der Waals surface area contributed by atoms with Gasteiger partial charge < -0.3 is 4.74 Å². The number of ether oxygens (including phenoxy) is 1. The summed E-state index contributed by atoms with van der Waals surface area (Å²) in [6, 6.07) is 4.17. The van der Waals surface area contributed by atoms with Crippen molar-refractivity contribution >= 4 is 5.97 Å². The van der Waals surface area contributed by atoms with Gasteiger partial charge in [-0.15, -0.1) is 0 Å². The van der Waals surface area contributed by atoms with Crippen molar-refractivity contribution in [2.24, 2.45) is 17.3 Å². The molecular weight excluding hydrogens is 216 g/mol. The highest BCUT2D eigenvalue weighted by Crippen LogP contribution is 2.44. The lowest BCUT2D eigenvalue weighted by atomic mass is 9.65. The van der Waals surface area contributed by atoms with Gasteiger partial charge in [0.25, 0.3) is 0 Å². The molecular formula is C13H18N2O2. The van der Waals surface area contributed by atoms with Crippen LogP contribution in [0.4, 0.5) is 0 Å². The highest BCUT2D eigenvalue weighted by atomic mass is 16.5. The van der Waals surface area contributed by atoms with Crippen molar-refractivity contribution in [3.8, 4) is 12.1 Å². The van der Waals surface area contributed by atoms with Crippen molar-refractivity contribution in [1.29, 1.82) is 10.5 Å². The fourth-order valence-corrected chi connectivity index (χ4v) is 2.37. The molecule has 0 N–H and O–H groups in total. The molecule has 0 spiro atoms. The monoisotopic (exact) mass is 234 g/mol. The molecule has 4 nitrogen and oxygen atoms in total. The maximum absolute atomic E-state index is 11.7. The van der Waals surface area contributed by atoms with E-state index < -0.39 is 17.3 Å². The van der Waals surface area contributed by atoms with E-state index in [1.54, 1.807) is 6.92 Å².